The third-order valence-corrected chi connectivity index (χ3v) is 5.93. The van der Waals surface area contributed by atoms with Crippen LogP contribution in [0.1, 0.15) is 0 Å². The Balaban J connectivity index is 1.48. The van der Waals surface area contributed by atoms with Crippen molar-refractivity contribution < 1.29 is 8.42 Å². The van der Waals surface area contributed by atoms with Crippen molar-refractivity contribution >= 4 is 56.1 Å². The average molecular weight is 492 g/mol. The Morgan fingerprint density at radius 3 is 2.03 bits per heavy atom. The molecule has 11 heteroatoms. The zero-order chi connectivity index (χ0) is 24.0. The van der Waals surface area contributed by atoms with Crippen molar-refractivity contribution in [3.8, 4) is 0 Å². The van der Waals surface area contributed by atoms with E-state index in [0.29, 0.717) is 17.1 Å². The Labute approximate surface area is 201 Å². The van der Waals surface area contributed by atoms with E-state index in [0.717, 1.165) is 11.1 Å². The van der Waals surface area contributed by atoms with E-state index in [9.17, 15) is 8.42 Å². The lowest BCUT2D eigenvalue weighted by Crippen LogP contribution is -2.04. The molecular weight excluding hydrogens is 474 g/mol. The van der Waals surface area contributed by atoms with Crippen LogP contribution in [0.4, 0.5) is 34.6 Å². The Kier molecular flexibility index (Phi) is 6.90. The van der Waals surface area contributed by atoms with E-state index in [4.69, 9.17) is 11.6 Å². The number of sulfone groups is 1. The number of benzene rings is 3. The quantitative estimate of drug-likeness (QED) is 0.275. The number of aromatic nitrogens is 3. The fourth-order valence-electron chi connectivity index (χ4n) is 2.79. The zero-order valence-electron chi connectivity index (χ0n) is 17.6. The second kappa shape index (κ2) is 10.2. The van der Waals surface area contributed by atoms with Gasteiger partial charge in [-0.1, -0.05) is 30.8 Å². The van der Waals surface area contributed by atoms with Crippen LogP contribution in [-0.4, -0.2) is 23.4 Å². The van der Waals surface area contributed by atoms with Crippen molar-refractivity contribution in [2.24, 2.45) is 10.2 Å². The summed E-state index contributed by atoms with van der Waals surface area (Å²) in [4.78, 5) is 12.5. The molecule has 0 atom stereocenters. The lowest BCUT2D eigenvalue weighted by molar-refractivity contribution is 0.604. The highest BCUT2D eigenvalue weighted by Crippen LogP contribution is 2.24. The predicted octanol–water partition coefficient (Wildman–Crippen LogP) is 6.34. The van der Waals surface area contributed by atoms with Gasteiger partial charge >= 0.3 is 0 Å². The molecule has 0 radical (unpaired) electrons. The highest BCUT2D eigenvalue weighted by Gasteiger charge is 2.11. The molecule has 4 rings (SSSR count). The van der Waals surface area contributed by atoms with Crippen LogP contribution in [0.5, 0.6) is 0 Å². The molecule has 9 nitrogen and oxygen atoms in total. The van der Waals surface area contributed by atoms with Gasteiger partial charge in [-0.3, -0.25) is 0 Å². The number of hydrogen-bond acceptors (Lipinski definition) is 9. The maximum Gasteiger partial charge on any atom is 0.233 e. The van der Waals surface area contributed by atoms with Crippen molar-refractivity contribution in [2.45, 2.75) is 4.90 Å². The van der Waals surface area contributed by atoms with E-state index in [1.807, 2.05) is 30.3 Å². The molecule has 0 aliphatic rings. The van der Waals surface area contributed by atoms with Crippen molar-refractivity contribution in [3.05, 3.63) is 96.1 Å². The summed E-state index contributed by atoms with van der Waals surface area (Å²) < 4.78 is 24.0. The molecule has 0 fully saturated rings. The smallest absolute Gasteiger partial charge is 0.233 e. The Morgan fingerprint density at radius 2 is 1.38 bits per heavy atom. The normalized spacial score (nSPS) is 11.3. The van der Waals surface area contributed by atoms with Crippen molar-refractivity contribution in [2.75, 3.05) is 10.6 Å². The Morgan fingerprint density at radius 1 is 0.765 bits per heavy atom. The number of nitrogens with zero attached hydrogens (tertiary/aromatic N) is 5. The van der Waals surface area contributed by atoms with E-state index in [-0.39, 0.29) is 22.1 Å². The lowest BCUT2D eigenvalue weighted by atomic mass is 10.3. The molecule has 1 heterocycles. The van der Waals surface area contributed by atoms with Crippen LogP contribution >= 0.6 is 11.6 Å². The van der Waals surface area contributed by atoms with Crippen LogP contribution in [0.15, 0.2) is 106 Å². The first-order chi connectivity index (χ1) is 16.4. The topological polar surface area (TPSA) is 122 Å². The van der Waals surface area contributed by atoms with Gasteiger partial charge in [0.25, 0.3) is 0 Å². The largest absolute Gasteiger partial charge is 0.324 e. The first kappa shape index (κ1) is 23.0. The molecule has 3 aromatic carbocycles. The minimum absolute atomic E-state index is 0.0388. The number of anilines is 4. The summed E-state index contributed by atoms with van der Waals surface area (Å²) in [5.74, 6) is 0.347. The van der Waals surface area contributed by atoms with Crippen LogP contribution in [-0.2, 0) is 9.84 Å². The van der Waals surface area contributed by atoms with E-state index >= 15 is 0 Å². The van der Waals surface area contributed by atoms with E-state index < -0.39 is 9.84 Å². The molecule has 4 aromatic rings. The Hall–Kier alpha value is -4.15. The second-order valence-electron chi connectivity index (χ2n) is 6.82. The molecule has 170 valence electrons. The highest BCUT2D eigenvalue weighted by molar-refractivity contribution is 7.94. The van der Waals surface area contributed by atoms with Gasteiger partial charge in [0.05, 0.1) is 16.3 Å². The van der Waals surface area contributed by atoms with E-state index in [2.05, 4.69) is 42.4 Å². The van der Waals surface area contributed by atoms with Crippen LogP contribution in [0.2, 0.25) is 5.28 Å². The van der Waals surface area contributed by atoms with Crippen LogP contribution in [0.3, 0.4) is 0 Å². The van der Waals surface area contributed by atoms with Gasteiger partial charge in [0.2, 0.25) is 17.2 Å². The standard InChI is InChI=1S/C23H18ClN7O2S/c1-2-34(32,33)20-10-6-9-19(15-20)26-23-28-21(24)27-22(29-23)25-16-11-13-18(14-12-16)31-30-17-7-4-3-5-8-17/h2-15H,1H2,(H2,25,26,27,28,29). The highest BCUT2D eigenvalue weighted by atomic mass is 35.5. The minimum Gasteiger partial charge on any atom is -0.324 e. The average Bonchev–Trinajstić information content (AvgIpc) is 2.84. The maximum atomic E-state index is 12.0. The molecule has 2 N–H and O–H groups in total. The van der Waals surface area contributed by atoms with E-state index in [1.54, 1.807) is 36.4 Å². The summed E-state index contributed by atoms with van der Waals surface area (Å²) in [6.07, 6.45) is 0. The molecule has 0 unspecified atom stereocenters. The summed E-state index contributed by atoms with van der Waals surface area (Å²) in [5, 5.41) is 15.2. The molecule has 0 spiro atoms. The number of nitrogens with one attached hydrogen (secondary N) is 2. The number of azo groups is 1. The van der Waals surface area contributed by atoms with Crippen LogP contribution < -0.4 is 10.6 Å². The monoisotopic (exact) mass is 491 g/mol. The van der Waals surface area contributed by atoms with Gasteiger partial charge in [0.15, 0.2) is 9.84 Å². The molecule has 0 amide bonds. The SMILES string of the molecule is C=CS(=O)(=O)c1cccc(Nc2nc(Cl)nc(Nc3ccc(N=Nc4ccccc4)cc3)n2)c1. The molecule has 0 saturated heterocycles. The summed E-state index contributed by atoms with van der Waals surface area (Å²) in [6.45, 7) is 3.34. The minimum atomic E-state index is -3.58. The molecule has 1 aromatic heterocycles. The van der Waals surface area contributed by atoms with Gasteiger partial charge in [-0.15, -0.1) is 0 Å². The second-order valence-corrected chi connectivity index (χ2v) is 9.06. The van der Waals surface area contributed by atoms with Crippen molar-refractivity contribution in [1.29, 1.82) is 0 Å². The predicted molar refractivity (Wildman–Crippen MR) is 132 cm³/mol. The molecule has 0 aliphatic heterocycles. The molecular formula is C23H18ClN7O2S. The van der Waals surface area contributed by atoms with E-state index in [1.165, 1.54) is 12.1 Å². The van der Waals surface area contributed by atoms with Gasteiger partial charge in [-0.25, -0.2) is 8.42 Å². The first-order valence-corrected chi connectivity index (χ1v) is 11.8. The van der Waals surface area contributed by atoms with Crippen molar-refractivity contribution in [1.82, 2.24) is 15.0 Å². The summed E-state index contributed by atoms with van der Waals surface area (Å²) >= 11 is 6.05. The molecule has 0 aliphatic carbocycles. The first-order valence-electron chi connectivity index (χ1n) is 9.91. The molecule has 0 saturated carbocycles. The van der Waals surface area contributed by atoms with Crippen LogP contribution in [0, 0.1) is 0 Å². The number of halogens is 1. The Bertz CT molecular complexity index is 1440. The van der Waals surface area contributed by atoms with Crippen molar-refractivity contribution in [3.63, 3.8) is 0 Å². The van der Waals surface area contributed by atoms with Crippen LogP contribution in [0.25, 0.3) is 0 Å². The third kappa shape index (κ3) is 6.00. The molecule has 0 bridgehead atoms. The van der Waals surface area contributed by atoms with Gasteiger partial charge in [0.1, 0.15) is 0 Å². The third-order valence-electron chi connectivity index (χ3n) is 4.41. The van der Waals surface area contributed by atoms with Gasteiger partial charge in [0, 0.05) is 16.8 Å². The van der Waals surface area contributed by atoms with Gasteiger partial charge < -0.3 is 10.6 Å². The zero-order valence-corrected chi connectivity index (χ0v) is 19.2. The fraction of sp³-hybridized carbons (Fsp3) is 0. The van der Waals surface area contributed by atoms with Gasteiger partial charge in [-0.05, 0) is 66.2 Å². The summed E-state index contributed by atoms with van der Waals surface area (Å²) in [6, 6.07) is 22.8. The molecule has 34 heavy (non-hydrogen) atoms. The number of rotatable bonds is 8. The lowest BCUT2D eigenvalue weighted by Gasteiger charge is -2.09. The fourth-order valence-corrected chi connectivity index (χ4v) is 3.70. The van der Waals surface area contributed by atoms with Gasteiger partial charge in [-0.2, -0.15) is 25.2 Å². The maximum absolute atomic E-state index is 12.0. The summed E-state index contributed by atoms with van der Waals surface area (Å²) in [5.41, 5.74) is 2.60. The number of hydrogen-bond donors (Lipinski definition) is 2. The summed E-state index contributed by atoms with van der Waals surface area (Å²) in [7, 11) is -3.58.